The van der Waals surface area contributed by atoms with Gasteiger partial charge in [0.25, 0.3) is 5.91 Å². The smallest absolute Gasteiger partial charge is 0.276 e. The molecule has 0 saturated carbocycles. The molecule has 0 aliphatic rings. The standard InChI is InChI=1S/C17H17N3O3S2/c1-11-3-5-13(6-4-11)16-19-14(12(2)23-16)9-25(22)10-15(21)20-17-18-7-8-24-17/h3-8H,9-10H2,1-2H3,(H,18,20,21). The van der Waals surface area contributed by atoms with Crippen LogP contribution in [0, 0.1) is 13.8 Å². The quantitative estimate of drug-likeness (QED) is 0.668. The van der Waals surface area contributed by atoms with E-state index in [0.29, 0.717) is 22.5 Å². The van der Waals surface area contributed by atoms with Crippen molar-refractivity contribution in [3.05, 3.63) is 52.9 Å². The molecule has 0 bridgehead atoms. The summed E-state index contributed by atoms with van der Waals surface area (Å²) < 4.78 is 17.9. The van der Waals surface area contributed by atoms with Gasteiger partial charge in [0.15, 0.2) is 16.6 Å². The van der Waals surface area contributed by atoms with Crippen LogP contribution in [-0.2, 0) is 21.7 Å². The van der Waals surface area contributed by atoms with Crippen LogP contribution in [0.3, 0.4) is 0 Å². The van der Waals surface area contributed by atoms with Crippen LogP contribution < -0.4 is 5.32 Å². The molecule has 1 atom stereocenters. The van der Waals surface area contributed by atoms with Crippen LogP contribution in [0.1, 0.15) is 17.0 Å². The zero-order chi connectivity index (χ0) is 17.8. The minimum atomic E-state index is -1.38. The predicted octanol–water partition coefficient (Wildman–Crippen LogP) is 3.30. The summed E-state index contributed by atoms with van der Waals surface area (Å²) in [5.74, 6) is 0.854. The monoisotopic (exact) mass is 375 g/mol. The van der Waals surface area contributed by atoms with E-state index in [-0.39, 0.29) is 17.4 Å². The number of nitrogens with zero attached hydrogens (tertiary/aromatic N) is 2. The lowest BCUT2D eigenvalue weighted by molar-refractivity contribution is -0.113. The zero-order valence-corrected chi connectivity index (χ0v) is 15.4. The number of amides is 1. The molecule has 0 fully saturated rings. The molecule has 1 amide bonds. The summed E-state index contributed by atoms with van der Waals surface area (Å²) in [6.07, 6.45) is 1.60. The summed E-state index contributed by atoms with van der Waals surface area (Å²) in [7, 11) is 0. The highest BCUT2D eigenvalue weighted by Crippen LogP contribution is 2.23. The number of carbonyl (C=O) groups is 1. The fourth-order valence-electron chi connectivity index (χ4n) is 2.17. The average Bonchev–Trinajstić information content (AvgIpc) is 3.18. The Hall–Kier alpha value is -2.16. The minimum absolute atomic E-state index is 0.105. The molecule has 8 heteroatoms. The maximum absolute atomic E-state index is 12.2. The van der Waals surface area contributed by atoms with Crippen molar-refractivity contribution in [3.63, 3.8) is 0 Å². The Kier molecular flexibility index (Phi) is 5.52. The van der Waals surface area contributed by atoms with Crippen molar-refractivity contribution in [1.82, 2.24) is 9.97 Å². The van der Waals surface area contributed by atoms with Gasteiger partial charge in [-0.15, -0.1) is 11.3 Å². The average molecular weight is 375 g/mol. The highest BCUT2D eigenvalue weighted by Gasteiger charge is 2.20. The Morgan fingerprint density at radius 2 is 2.08 bits per heavy atom. The molecule has 25 heavy (non-hydrogen) atoms. The van der Waals surface area contributed by atoms with Gasteiger partial charge in [-0.1, -0.05) is 17.7 Å². The van der Waals surface area contributed by atoms with Crippen molar-refractivity contribution in [1.29, 1.82) is 0 Å². The van der Waals surface area contributed by atoms with Gasteiger partial charge in [0.1, 0.15) is 11.5 Å². The Bertz CT molecular complexity index is 845. The van der Waals surface area contributed by atoms with Crippen LogP contribution in [0.2, 0.25) is 0 Å². The van der Waals surface area contributed by atoms with Gasteiger partial charge in [-0.2, -0.15) is 0 Å². The van der Waals surface area contributed by atoms with Crippen LogP contribution >= 0.6 is 11.3 Å². The van der Waals surface area contributed by atoms with E-state index in [2.05, 4.69) is 15.3 Å². The maximum Gasteiger partial charge on any atom is 0.276 e. The second-order valence-electron chi connectivity index (χ2n) is 5.50. The van der Waals surface area contributed by atoms with Gasteiger partial charge >= 0.3 is 0 Å². The largest absolute Gasteiger partial charge is 0.616 e. The summed E-state index contributed by atoms with van der Waals surface area (Å²) in [4.78, 5) is 20.3. The third kappa shape index (κ3) is 4.68. The molecular weight excluding hydrogens is 358 g/mol. The molecule has 6 nitrogen and oxygen atoms in total. The number of aryl methyl sites for hydroxylation is 2. The Morgan fingerprint density at radius 1 is 1.32 bits per heavy atom. The van der Waals surface area contributed by atoms with Crippen molar-refractivity contribution in [3.8, 4) is 11.5 Å². The lowest BCUT2D eigenvalue weighted by Gasteiger charge is -2.09. The predicted molar refractivity (Wildman–Crippen MR) is 98.9 cm³/mol. The molecule has 1 N–H and O–H groups in total. The molecule has 3 aromatic rings. The van der Waals surface area contributed by atoms with Crippen LogP contribution in [0.5, 0.6) is 0 Å². The molecule has 2 aromatic heterocycles. The normalized spacial score (nSPS) is 12.1. The second kappa shape index (κ2) is 7.81. The number of hydrogen-bond donors (Lipinski definition) is 1. The van der Waals surface area contributed by atoms with Crippen molar-refractivity contribution in [2.24, 2.45) is 0 Å². The number of anilines is 1. The second-order valence-corrected chi connectivity index (χ2v) is 7.85. The zero-order valence-electron chi connectivity index (χ0n) is 13.8. The first-order valence-corrected chi connectivity index (χ1v) is 9.95. The fraction of sp³-hybridized carbons (Fsp3) is 0.235. The van der Waals surface area contributed by atoms with E-state index in [1.807, 2.05) is 31.2 Å². The van der Waals surface area contributed by atoms with Crippen LogP contribution in [-0.4, -0.2) is 26.2 Å². The van der Waals surface area contributed by atoms with E-state index in [1.54, 1.807) is 18.5 Å². The molecule has 0 saturated heterocycles. The summed E-state index contributed by atoms with van der Waals surface area (Å²) in [5.41, 5.74) is 2.63. The summed E-state index contributed by atoms with van der Waals surface area (Å²) in [6, 6.07) is 7.83. The molecule has 2 heterocycles. The van der Waals surface area contributed by atoms with Gasteiger partial charge in [0.2, 0.25) is 5.89 Å². The number of carbonyl (C=O) groups excluding carboxylic acids is 1. The van der Waals surface area contributed by atoms with E-state index in [9.17, 15) is 9.35 Å². The SMILES string of the molecule is Cc1ccc(-c2nc(C[S+]([O-])CC(=O)Nc3nccs3)c(C)o2)cc1. The van der Waals surface area contributed by atoms with E-state index >= 15 is 0 Å². The van der Waals surface area contributed by atoms with Gasteiger partial charge in [-0.25, -0.2) is 9.97 Å². The number of nitrogens with one attached hydrogen (secondary N) is 1. The fourth-order valence-corrected chi connectivity index (χ4v) is 3.76. The third-order valence-corrected chi connectivity index (χ3v) is 5.33. The molecule has 0 aliphatic heterocycles. The summed E-state index contributed by atoms with van der Waals surface area (Å²) >= 11 is -0.0600. The highest BCUT2D eigenvalue weighted by atomic mass is 32.2. The number of hydrogen-bond acceptors (Lipinski definition) is 6. The topological polar surface area (TPSA) is 91.1 Å². The molecule has 0 spiro atoms. The summed E-state index contributed by atoms with van der Waals surface area (Å²) in [5, 5.41) is 4.88. The van der Waals surface area contributed by atoms with E-state index < -0.39 is 11.2 Å². The Morgan fingerprint density at radius 3 is 2.76 bits per heavy atom. The molecule has 1 aromatic carbocycles. The number of oxazole rings is 1. The van der Waals surface area contributed by atoms with Crippen LogP contribution in [0.4, 0.5) is 5.13 Å². The first-order valence-electron chi connectivity index (χ1n) is 7.59. The first-order chi connectivity index (χ1) is 12.0. The third-order valence-electron chi connectivity index (χ3n) is 3.46. The van der Waals surface area contributed by atoms with Gasteiger partial charge in [-0.05, 0) is 37.2 Å². The van der Waals surface area contributed by atoms with E-state index in [0.717, 1.165) is 11.1 Å². The van der Waals surface area contributed by atoms with Crippen molar-refractivity contribution in [2.75, 3.05) is 11.1 Å². The number of benzene rings is 1. The molecule has 0 radical (unpaired) electrons. The summed E-state index contributed by atoms with van der Waals surface area (Å²) in [6.45, 7) is 3.79. The van der Waals surface area contributed by atoms with E-state index in [4.69, 9.17) is 4.42 Å². The number of thiazole rings is 1. The minimum Gasteiger partial charge on any atom is -0.616 e. The molecule has 0 aliphatic carbocycles. The number of rotatable bonds is 6. The van der Waals surface area contributed by atoms with Crippen LogP contribution in [0.25, 0.3) is 11.5 Å². The van der Waals surface area contributed by atoms with Crippen molar-refractivity contribution in [2.45, 2.75) is 19.6 Å². The van der Waals surface area contributed by atoms with Gasteiger partial charge in [0.05, 0.1) is 0 Å². The van der Waals surface area contributed by atoms with E-state index in [1.165, 1.54) is 11.3 Å². The maximum atomic E-state index is 12.2. The van der Waals surface area contributed by atoms with Crippen molar-refractivity contribution >= 4 is 33.6 Å². The van der Waals surface area contributed by atoms with Crippen LogP contribution in [0.15, 0.2) is 40.3 Å². The molecule has 1 unspecified atom stereocenters. The van der Waals surface area contributed by atoms with Gasteiger partial charge in [0, 0.05) is 17.1 Å². The van der Waals surface area contributed by atoms with Crippen molar-refractivity contribution < 1.29 is 13.8 Å². The first kappa shape index (κ1) is 17.7. The Labute approximate surface area is 152 Å². The molecule has 3 rings (SSSR count). The highest BCUT2D eigenvalue weighted by molar-refractivity contribution is 7.91. The lowest BCUT2D eigenvalue weighted by Crippen LogP contribution is -2.24. The number of aromatic nitrogens is 2. The lowest BCUT2D eigenvalue weighted by atomic mass is 10.1. The van der Waals surface area contributed by atoms with Gasteiger partial charge < -0.3 is 8.97 Å². The Balaban J connectivity index is 1.62. The molecule has 130 valence electrons. The van der Waals surface area contributed by atoms with Gasteiger partial charge in [-0.3, -0.25) is 10.1 Å². The molecular formula is C17H17N3O3S2.